The third-order valence-electron chi connectivity index (χ3n) is 3.42. The van der Waals surface area contributed by atoms with Gasteiger partial charge in [-0.3, -0.25) is 0 Å². The molecule has 1 aliphatic heterocycles. The normalized spacial score (nSPS) is 19.7. The minimum atomic E-state index is -0.357. The molecule has 1 heterocycles. The van der Waals surface area contributed by atoms with Crippen LogP contribution in [-0.2, 0) is 11.3 Å². The summed E-state index contributed by atoms with van der Waals surface area (Å²) in [6.45, 7) is 1.33. The van der Waals surface area contributed by atoms with Gasteiger partial charge >= 0.3 is 6.09 Å². The maximum Gasteiger partial charge on any atom is 0.410 e. The fourth-order valence-electron chi connectivity index (χ4n) is 2.28. The third kappa shape index (κ3) is 3.63. The number of hydrogen-bond donors (Lipinski definition) is 2. The topological polar surface area (TPSA) is 88.2 Å². The Bertz CT molecular complexity index is 476. The van der Waals surface area contributed by atoms with E-state index in [4.69, 9.17) is 15.7 Å². The number of carbonyl (C=O) groups excluding carboxylic acids is 1. The first-order chi connectivity index (χ1) is 9.70. The van der Waals surface area contributed by atoms with Crippen molar-refractivity contribution < 1.29 is 14.7 Å². The number of amides is 1. The Morgan fingerprint density at radius 3 is 2.90 bits per heavy atom. The Morgan fingerprint density at radius 2 is 2.20 bits per heavy atom. The molecular weight excluding hydrogens is 258 g/mol. The molecule has 1 aromatic carbocycles. The molecule has 0 aromatic heterocycles. The van der Waals surface area contributed by atoms with Crippen molar-refractivity contribution in [2.24, 2.45) is 16.8 Å². The van der Waals surface area contributed by atoms with E-state index in [0.29, 0.717) is 13.1 Å². The molecular formula is C14H19N3O3. The average molecular weight is 277 g/mol. The quantitative estimate of drug-likeness (QED) is 0.381. The van der Waals surface area contributed by atoms with Crippen molar-refractivity contribution in [2.75, 3.05) is 13.1 Å². The van der Waals surface area contributed by atoms with Crippen molar-refractivity contribution in [3.05, 3.63) is 35.9 Å². The van der Waals surface area contributed by atoms with Gasteiger partial charge in [0.2, 0.25) is 0 Å². The van der Waals surface area contributed by atoms with Gasteiger partial charge in [0.25, 0.3) is 0 Å². The lowest BCUT2D eigenvalue weighted by molar-refractivity contribution is 0.0847. The monoisotopic (exact) mass is 277 g/mol. The van der Waals surface area contributed by atoms with Crippen LogP contribution in [0.2, 0.25) is 0 Å². The first-order valence-corrected chi connectivity index (χ1v) is 6.63. The predicted octanol–water partition coefficient (Wildman–Crippen LogP) is 1.78. The number of rotatable bonds is 3. The highest BCUT2D eigenvalue weighted by Crippen LogP contribution is 2.17. The van der Waals surface area contributed by atoms with Gasteiger partial charge in [-0.15, -0.1) is 0 Å². The van der Waals surface area contributed by atoms with E-state index in [-0.39, 0.29) is 24.5 Å². The van der Waals surface area contributed by atoms with E-state index in [2.05, 4.69) is 5.16 Å². The lowest BCUT2D eigenvalue weighted by Gasteiger charge is -2.31. The smallest absolute Gasteiger partial charge is 0.410 e. The Kier molecular flexibility index (Phi) is 4.81. The minimum absolute atomic E-state index is 0.0991. The number of carbonyl (C=O) groups is 1. The van der Waals surface area contributed by atoms with Gasteiger partial charge in [0.05, 0.1) is 0 Å². The van der Waals surface area contributed by atoms with Crippen molar-refractivity contribution >= 4 is 11.9 Å². The van der Waals surface area contributed by atoms with E-state index in [1.807, 2.05) is 30.3 Å². The highest BCUT2D eigenvalue weighted by Gasteiger charge is 2.27. The second-order valence-corrected chi connectivity index (χ2v) is 4.85. The highest BCUT2D eigenvalue weighted by atomic mass is 16.6. The summed E-state index contributed by atoms with van der Waals surface area (Å²) in [5.41, 5.74) is 6.55. The summed E-state index contributed by atoms with van der Waals surface area (Å²) in [5.74, 6) is 0.0728. The van der Waals surface area contributed by atoms with E-state index in [0.717, 1.165) is 18.4 Å². The van der Waals surface area contributed by atoms with Crippen molar-refractivity contribution in [3.8, 4) is 0 Å². The van der Waals surface area contributed by atoms with Crippen molar-refractivity contribution in [1.29, 1.82) is 0 Å². The molecule has 0 radical (unpaired) electrons. The third-order valence-corrected chi connectivity index (χ3v) is 3.42. The molecule has 1 fully saturated rings. The summed E-state index contributed by atoms with van der Waals surface area (Å²) in [6, 6.07) is 9.53. The Hall–Kier alpha value is -2.24. The second-order valence-electron chi connectivity index (χ2n) is 4.85. The lowest BCUT2D eigenvalue weighted by atomic mass is 9.97. The highest BCUT2D eigenvalue weighted by molar-refractivity contribution is 5.83. The number of hydrogen-bond acceptors (Lipinski definition) is 4. The fraction of sp³-hybridized carbons (Fsp3) is 0.429. The van der Waals surface area contributed by atoms with Crippen LogP contribution in [0.25, 0.3) is 0 Å². The molecule has 0 aliphatic carbocycles. The van der Waals surface area contributed by atoms with Crippen molar-refractivity contribution in [1.82, 2.24) is 4.90 Å². The number of nitrogens with zero attached hydrogens (tertiary/aromatic N) is 2. The number of amidine groups is 1. The van der Waals surface area contributed by atoms with Crippen LogP contribution < -0.4 is 5.73 Å². The fourth-order valence-corrected chi connectivity index (χ4v) is 2.28. The molecule has 0 bridgehead atoms. The molecule has 0 saturated carbocycles. The van der Waals surface area contributed by atoms with E-state index >= 15 is 0 Å². The summed E-state index contributed by atoms with van der Waals surface area (Å²) in [6.07, 6.45) is 1.28. The van der Waals surface area contributed by atoms with Gasteiger partial charge in [0, 0.05) is 19.0 Å². The molecule has 0 spiro atoms. The number of likely N-dealkylation sites (tertiary alicyclic amines) is 1. The molecule has 1 amide bonds. The van der Waals surface area contributed by atoms with E-state index < -0.39 is 0 Å². The number of nitrogens with two attached hydrogens (primary N) is 1. The van der Waals surface area contributed by atoms with Crippen LogP contribution in [-0.4, -0.2) is 35.1 Å². The van der Waals surface area contributed by atoms with E-state index in [1.54, 1.807) is 4.90 Å². The van der Waals surface area contributed by atoms with Crippen LogP contribution in [0, 0.1) is 5.92 Å². The maximum atomic E-state index is 12.0. The van der Waals surface area contributed by atoms with Crippen LogP contribution >= 0.6 is 0 Å². The number of benzene rings is 1. The summed E-state index contributed by atoms with van der Waals surface area (Å²) in [5, 5.41) is 11.7. The summed E-state index contributed by atoms with van der Waals surface area (Å²) in [4.78, 5) is 13.6. The van der Waals surface area contributed by atoms with Gasteiger partial charge in [-0.2, -0.15) is 0 Å². The summed E-state index contributed by atoms with van der Waals surface area (Å²) in [7, 11) is 0. The number of oxime groups is 1. The van der Waals surface area contributed by atoms with Crippen molar-refractivity contribution in [3.63, 3.8) is 0 Å². The Morgan fingerprint density at radius 1 is 1.45 bits per heavy atom. The van der Waals surface area contributed by atoms with Crippen LogP contribution in [0.15, 0.2) is 35.5 Å². The molecule has 108 valence electrons. The van der Waals surface area contributed by atoms with Crippen molar-refractivity contribution in [2.45, 2.75) is 19.4 Å². The molecule has 1 unspecified atom stereocenters. The van der Waals surface area contributed by atoms with Crippen LogP contribution in [0.5, 0.6) is 0 Å². The lowest BCUT2D eigenvalue weighted by Crippen LogP contribution is -2.44. The molecule has 1 aliphatic rings. The minimum Gasteiger partial charge on any atom is -0.445 e. The Labute approximate surface area is 117 Å². The molecule has 1 aromatic rings. The molecule has 6 heteroatoms. The largest absolute Gasteiger partial charge is 0.445 e. The van der Waals surface area contributed by atoms with Gasteiger partial charge in [-0.25, -0.2) is 4.79 Å². The average Bonchev–Trinajstić information content (AvgIpc) is 2.53. The predicted molar refractivity (Wildman–Crippen MR) is 74.3 cm³/mol. The van der Waals surface area contributed by atoms with E-state index in [1.165, 1.54) is 0 Å². The number of ether oxygens (including phenoxy) is 1. The summed E-state index contributed by atoms with van der Waals surface area (Å²) < 4.78 is 5.27. The zero-order chi connectivity index (χ0) is 14.4. The van der Waals surface area contributed by atoms with Gasteiger partial charge in [-0.05, 0) is 18.4 Å². The van der Waals surface area contributed by atoms with Crippen LogP contribution in [0.3, 0.4) is 0 Å². The molecule has 6 nitrogen and oxygen atoms in total. The Balaban J connectivity index is 1.86. The second kappa shape index (κ2) is 6.79. The van der Waals surface area contributed by atoms with Crippen LogP contribution in [0.1, 0.15) is 18.4 Å². The van der Waals surface area contributed by atoms with Gasteiger partial charge < -0.3 is 20.6 Å². The van der Waals surface area contributed by atoms with Crippen LogP contribution in [0.4, 0.5) is 4.79 Å². The molecule has 2 rings (SSSR count). The van der Waals surface area contributed by atoms with Gasteiger partial charge in [0.1, 0.15) is 12.4 Å². The molecule has 1 saturated heterocycles. The molecule has 20 heavy (non-hydrogen) atoms. The zero-order valence-corrected chi connectivity index (χ0v) is 11.2. The standard InChI is InChI=1S/C14H19N3O3/c15-13(16-19)12-7-4-8-17(9-12)14(18)20-10-11-5-2-1-3-6-11/h1-3,5-6,12,19H,4,7-10H2,(H2,15,16). The molecule has 1 atom stereocenters. The number of piperidine rings is 1. The van der Waals surface area contributed by atoms with Gasteiger partial charge in [-0.1, -0.05) is 35.5 Å². The first-order valence-electron chi connectivity index (χ1n) is 6.63. The SMILES string of the molecule is N/C(=N\O)C1CCCN(C(=O)OCc2ccccc2)C1. The zero-order valence-electron chi connectivity index (χ0n) is 11.2. The molecule has 3 N–H and O–H groups in total. The maximum absolute atomic E-state index is 12.0. The summed E-state index contributed by atoms with van der Waals surface area (Å²) >= 11 is 0. The van der Waals surface area contributed by atoms with Gasteiger partial charge in [0.15, 0.2) is 0 Å². The van der Waals surface area contributed by atoms with E-state index in [9.17, 15) is 4.79 Å². The first kappa shape index (κ1) is 14.2.